The zero-order valence-electron chi connectivity index (χ0n) is 32.2. The summed E-state index contributed by atoms with van der Waals surface area (Å²) in [6.45, 7) is 39.1. The van der Waals surface area contributed by atoms with Crippen LogP contribution in [0.3, 0.4) is 0 Å². The summed E-state index contributed by atoms with van der Waals surface area (Å²) < 4.78 is 42.3. The lowest BCUT2D eigenvalue weighted by Crippen LogP contribution is -2.67. The van der Waals surface area contributed by atoms with Gasteiger partial charge in [-0.2, -0.15) is 0 Å². The van der Waals surface area contributed by atoms with E-state index in [-0.39, 0.29) is 40.6 Å². The smallest absolute Gasteiger partial charge is 0.193 e. The predicted octanol–water partition coefficient (Wildman–Crippen LogP) is 9.78. The molecule has 0 bridgehead atoms. The van der Waals surface area contributed by atoms with E-state index in [1.165, 1.54) is 0 Å². The normalized spacial score (nSPS) is 37.0. The van der Waals surface area contributed by atoms with Crippen molar-refractivity contribution < 1.29 is 27.5 Å². The Hall–Kier alpha value is -0.109. The summed E-state index contributed by atoms with van der Waals surface area (Å²) >= 11 is 0. The molecule has 262 valence electrons. The molecule has 0 aromatic heterocycles. The van der Waals surface area contributed by atoms with Crippen LogP contribution in [0, 0.1) is 0 Å². The second kappa shape index (κ2) is 13.3. The van der Waals surface area contributed by atoms with Crippen molar-refractivity contribution in [3.63, 3.8) is 0 Å². The molecule has 3 aliphatic rings. The molecule has 0 spiro atoms. The summed E-state index contributed by atoms with van der Waals surface area (Å²) in [7, 11) is -6.05. The van der Waals surface area contributed by atoms with Crippen molar-refractivity contribution in [3.05, 3.63) is 24.3 Å². The predicted molar refractivity (Wildman–Crippen MR) is 196 cm³/mol. The molecule has 8 atom stereocenters. The molecule has 9 heteroatoms. The molecular weight excluding hydrogens is 613 g/mol. The molecule has 2 saturated heterocycles. The van der Waals surface area contributed by atoms with Crippen molar-refractivity contribution in [1.82, 2.24) is 0 Å². The maximum Gasteiger partial charge on any atom is 0.193 e. The van der Waals surface area contributed by atoms with E-state index in [1.54, 1.807) is 0 Å². The quantitative estimate of drug-likeness (QED) is 0.169. The van der Waals surface area contributed by atoms with Gasteiger partial charge < -0.3 is 27.5 Å². The van der Waals surface area contributed by atoms with Crippen LogP contribution in [0.1, 0.15) is 94.9 Å². The standard InChI is InChI=1S/C36H70O6Si3/c1-18-19-20-21-29-36(10,41-43(11,12)13)26-35(9)30(39-29)24-28-27(40-35)22-23-34(8,42-45(16,17)33(5,6)7)31(38-28)25-37-44(14,15)32(2,3)4/h18-19,22-23,27-31H,20-21,24-26H2,1-17H3/b19-18-/t27-,28+,29+,30-,31-,34+,35+,36-/m1/s1. The van der Waals surface area contributed by atoms with Gasteiger partial charge in [0.25, 0.3) is 0 Å². The minimum atomic E-state index is -2.16. The van der Waals surface area contributed by atoms with Crippen LogP contribution in [-0.2, 0) is 27.5 Å². The van der Waals surface area contributed by atoms with Crippen LogP contribution in [0.15, 0.2) is 24.3 Å². The highest BCUT2D eigenvalue weighted by Crippen LogP contribution is 2.50. The zero-order chi connectivity index (χ0) is 34.5. The van der Waals surface area contributed by atoms with Crippen LogP contribution in [0.25, 0.3) is 0 Å². The number of hydrogen-bond donors (Lipinski definition) is 0. The third kappa shape index (κ3) is 9.12. The average molecular weight is 683 g/mol. The maximum absolute atomic E-state index is 7.24. The van der Waals surface area contributed by atoms with Gasteiger partial charge >= 0.3 is 0 Å². The van der Waals surface area contributed by atoms with Gasteiger partial charge in [0.1, 0.15) is 17.8 Å². The van der Waals surface area contributed by atoms with Gasteiger partial charge in [-0.25, -0.2) is 0 Å². The Morgan fingerprint density at radius 1 is 0.844 bits per heavy atom. The van der Waals surface area contributed by atoms with Crippen molar-refractivity contribution in [2.24, 2.45) is 0 Å². The molecule has 0 aliphatic carbocycles. The van der Waals surface area contributed by atoms with Crippen LogP contribution < -0.4 is 0 Å². The molecule has 0 radical (unpaired) electrons. The van der Waals surface area contributed by atoms with Crippen molar-refractivity contribution in [1.29, 1.82) is 0 Å². The van der Waals surface area contributed by atoms with E-state index in [1.807, 2.05) is 0 Å². The third-order valence-corrected chi connectivity index (χ3v) is 21.4. The number of rotatable bonds is 10. The molecule has 0 amide bonds. The van der Waals surface area contributed by atoms with Crippen molar-refractivity contribution in [2.75, 3.05) is 6.61 Å². The van der Waals surface area contributed by atoms with E-state index in [2.05, 4.69) is 139 Å². The fourth-order valence-corrected chi connectivity index (χ4v) is 10.9. The molecule has 3 heterocycles. The number of ether oxygens (including phenoxy) is 3. The van der Waals surface area contributed by atoms with Gasteiger partial charge in [0, 0.05) is 12.8 Å². The highest BCUT2D eigenvalue weighted by Gasteiger charge is 2.59. The monoisotopic (exact) mass is 682 g/mol. The summed E-state index contributed by atoms with van der Waals surface area (Å²) in [5.41, 5.74) is -1.56. The Morgan fingerprint density at radius 3 is 1.98 bits per heavy atom. The summed E-state index contributed by atoms with van der Waals surface area (Å²) in [6.07, 6.45) is 11.5. The van der Waals surface area contributed by atoms with Crippen LogP contribution in [0.4, 0.5) is 0 Å². The first-order valence-electron chi connectivity index (χ1n) is 17.5. The highest BCUT2D eigenvalue weighted by atomic mass is 28.4. The lowest BCUT2D eigenvalue weighted by molar-refractivity contribution is -0.304. The van der Waals surface area contributed by atoms with Gasteiger partial charge in [0.15, 0.2) is 25.0 Å². The number of fused-ring (bicyclic) bond motifs is 2. The molecular formula is C36H70O6Si3. The van der Waals surface area contributed by atoms with Crippen molar-refractivity contribution >= 4 is 25.0 Å². The third-order valence-electron chi connectivity index (χ3n) is 11.3. The molecule has 3 rings (SSSR count). The van der Waals surface area contributed by atoms with Crippen molar-refractivity contribution in [2.45, 2.75) is 198 Å². The fourth-order valence-electron chi connectivity index (χ4n) is 6.70. The topological polar surface area (TPSA) is 55.4 Å². The van der Waals surface area contributed by atoms with Crippen LogP contribution in [0.5, 0.6) is 0 Å². The Balaban J connectivity index is 1.98. The largest absolute Gasteiger partial charge is 0.414 e. The minimum absolute atomic E-state index is 0.00938. The van der Waals surface area contributed by atoms with Crippen LogP contribution >= 0.6 is 0 Å². The van der Waals surface area contributed by atoms with Gasteiger partial charge in [-0.3, -0.25) is 0 Å². The maximum atomic E-state index is 7.24. The van der Waals surface area contributed by atoms with Gasteiger partial charge in [-0.05, 0) is 96.4 Å². The molecule has 0 aromatic carbocycles. The van der Waals surface area contributed by atoms with E-state index in [0.717, 1.165) is 25.7 Å². The van der Waals surface area contributed by atoms with Crippen LogP contribution in [-0.4, -0.2) is 78.9 Å². The first-order chi connectivity index (χ1) is 20.2. The number of allylic oxidation sites excluding steroid dienone is 2. The van der Waals surface area contributed by atoms with Crippen molar-refractivity contribution in [3.8, 4) is 0 Å². The van der Waals surface area contributed by atoms with E-state index < -0.39 is 41.8 Å². The van der Waals surface area contributed by atoms with E-state index in [9.17, 15) is 0 Å². The van der Waals surface area contributed by atoms with Crippen LogP contribution in [0.2, 0.25) is 55.9 Å². The lowest BCUT2D eigenvalue weighted by atomic mass is 9.74. The SMILES string of the molecule is C/C=C\CC[C@@H]1O[C@@H]2C[C@@H]3O[C@H](CO[Si](C)(C)C(C)(C)C)[C@@](C)(O[Si](C)(C)C(C)(C)C)C=C[C@H]3O[C@@]2(C)C[C@@]1(C)O[Si](C)(C)C. The van der Waals surface area contributed by atoms with Gasteiger partial charge in [0.2, 0.25) is 0 Å². The second-order valence-electron chi connectivity index (χ2n) is 18.7. The van der Waals surface area contributed by atoms with Gasteiger partial charge in [0.05, 0.1) is 36.1 Å². The molecule has 3 aliphatic heterocycles. The Bertz CT molecular complexity index is 1070. The minimum Gasteiger partial charge on any atom is -0.414 e. The second-order valence-corrected chi connectivity index (χ2v) is 32.7. The summed E-state index contributed by atoms with van der Waals surface area (Å²) in [5.74, 6) is 0. The lowest BCUT2D eigenvalue weighted by Gasteiger charge is -2.58. The Morgan fingerprint density at radius 2 is 1.44 bits per heavy atom. The Kier molecular flexibility index (Phi) is 11.6. The average Bonchev–Trinajstić information content (AvgIpc) is 2.94. The van der Waals surface area contributed by atoms with Gasteiger partial charge in [-0.1, -0.05) is 65.8 Å². The highest BCUT2D eigenvalue weighted by molar-refractivity contribution is 6.74. The Labute approximate surface area is 280 Å². The van der Waals surface area contributed by atoms with E-state index in [4.69, 9.17) is 27.5 Å². The first-order valence-corrected chi connectivity index (χ1v) is 26.7. The van der Waals surface area contributed by atoms with E-state index in [0.29, 0.717) is 6.61 Å². The molecule has 45 heavy (non-hydrogen) atoms. The molecule has 2 fully saturated rings. The fraction of sp³-hybridized carbons (Fsp3) is 0.889. The number of hydrogen-bond acceptors (Lipinski definition) is 6. The first kappa shape index (κ1) is 39.3. The molecule has 6 nitrogen and oxygen atoms in total. The molecule has 0 unspecified atom stereocenters. The zero-order valence-corrected chi connectivity index (χ0v) is 35.2. The summed E-state index contributed by atoms with van der Waals surface area (Å²) in [4.78, 5) is 0. The van der Waals surface area contributed by atoms with Gasteiger partial charge in [-0.15, -0.1) is 0 Å². The summed E-state index contributed by atoms with van der Waals surface area (Å²) in [6, 6.07) is 0. The molecule has 0 aromatic rings. The molecule has 0 N–H and O–H groups in total. The summed E-state index contributed by atoms with van der Waals surface area (Å²) in [5, 5.41) is 0.161. The molecule has 0 saturated carbocycles. The van der Waals surface area contributed by atoms with E-state index >= 15 is 0 Å².